The molecule has 3 heterocycles. The first-order valence-corrected chi connectivity index (χ1v) is 9.31. The molecule has 1 atom stereocenters. The molecule has 0 bridgehead atoms. The molecule has 1 aliphatic carbocycles. The SMILES string of the molecule is O=C1Nc2ccc(F)c(F)c2CN1CCC(=O)N1C2=CC(c3cncc(F)c3)=C[C@H]21. The van der Waals surface area contributed by atoms with Crippen molar-refractivity contribution in [2.75, 3.05) is 11.9 Å². The number of fused-ring (bicyclic) bond motifs is 2. The molecule has 5 rings (SSSR count). The molecule has 3 aliphatic rings. The van der Waals surface area contributed by atoms with E-state index in [1.54, 1.807) is 17.2 Å². The molecular weight excluding hydrogens is 397 g/mol. The lowest BCUT2D eigenvalue weighted by Crippen LogP contribution is -2.40. The Kier molecular flexibility index (Phi) is 4.12. The Morgan fingerprint density at radius 2 is 2.07 bits per heavy atom. The number of carbonyl (C=O) groups excluding carboxylic acids is 2. The Bertz CT molecular complexity index is 1160. The van der Waals surface area contributed by atoms with E-state index in [0.717, 1.165) is 23.5 Å². The number of carbonyl (C=O) groups is 2. The second-order valence-electron chi connectivity index (χ2n) is 7.28. The minimum absolute atomic E-state index is 0.0399. The zero-order valence-electron chi connectivity index (χ0n) is 15.5. The number of pyridine rings is 1. The predicted molar refractivity (Wildman–Crippen MR) is 101 cm³/mol. The van der Waals surface area contributed by atoms with E-state index < -0.39 is 23.5 Å². The second kappa shape index (κ2) is 6.72. The highest BCUT2D eigenvalue weighted by atomic mass is 19.2. The number of anilines is 1. The highest BCUT2D eigenvalue weighted by molar-refractivity contribution is 5.94. The first-order chi connectivity index (χ1) is 14.4. The molecule has 2 aliphatic heterocycles. The van der Waals surface area contributed by atoms with Crippen LogP contribution in [0.3, 0.4) is 0 Å². The summed E-state index contributed by atoms with van der Waals surface area (Å²) in [4.78, 5) is 31.4. The van der Waals surface area contributed by atoms with Crippen LogP contribution in [0.15, 0.2) is 48.4 Å². The normalized spacial score (nSPS) is 19.0. The van der Waals surface area contributed by atoms with Crippen molar-refractivity contribution in [3.63, 3.8) is 0 Å². The van der Waals surface area contributed by atoms with Gasteiger partial charge in [-0.1, -0.05) is 0 Å². The molecule has 152 valence electrons. The second-order valence-corrected chi connectivity index (χ2v) is 7.28. The summed E-state index contributed by atoms with van der Waals surface area (Å²) >= 11 is 0. The highest BCUT2D eigenvalue weighted by Gasteiger charge is 2.46. The Hall–Kier alpha value is -3.62. The molecule has 0 saturated carbocycles. The van der Waals surface area contributed by atoms with Gasteiger partial charge in [0.25, 0.3) is 0 Å². The minimum Gasteiger partial charge on any atom is -0.319 e. The first-order valence-electron chi connectivity index (χ1n) is 9.31. The standard InChI is InChI=1S/C21H15F3N4O2/c22-13-5-12(8-25-9-13)11-6-17-18(7-11)28(17)19(29)3-4-27-10-14-16(26-21(27)30)2-1-15(23)20(14)24/h1-2,5-9,17H,3-4,10H2,(H,26,30)/t17-,28?/m1/s1. The fraction of sp³-hybridized carbons (Fsp3) is 0.190. The van der Waals surface area contributed by atoms with Crippen LogP contribution in [0, 0.1) is 17.5 Å². The molecule has 1 fully saturated rings. The Morgan fingerprint density at radius 1 is 1.23 bits per heavy atom. The fourth-order valence-electron chi connectivity index (χ4n) is 3.82. The van der Waals surface area contributed by atoms with Gasteiger partial charge in [-0.2, -0.15) is 0 Å². The van der Waals surface area contributed by atoms with Gasteiger partial charge in [-0.3, -0.25) is 9.78 Å². The van der Waals surface area contributed by atoms with Crippen LogP contribution in [-0.2, 0) is 11.3 Å². The van der Waals surface area contributed by atoms with E-state index in [1.165, 1.54) is 17.0 Å². The summed E-state index contributed by atoms with van der Waals surface area (Å²) in [6, 6.07) is 3.02. The number of nitrogens with zero attached hydrogens (tertiary/aromatic N) is 3. The van der Waals surface area contributed by atoms with Gasteiger partial charge >= 0.3 is 6.03 Å². The number of hydrogen-bond donors (Lipinski definition) is 1. The van der Waals surface area contributed by atoms with Crippen molar-refractivity contribution < 1.29 is 22.8 Å². The van der Waals surface area contributed by atoms with E-state index >= 15 is 0 Å². The molecule has 6 nitrogen and oxygen atoms in total. The average Bonchev–Trinajstić information content (AvgIpc) is 3.23. The monoisotopic (exact) mass is 412 g/mol. The van der Waals surface area contributed by atoms with Crippen LogP contribution in [0.1, 0.15) is 17.5 Å². The summed E-state index contributed by atoms with van der Waals surface area (Å²) in [5.41, 5.74) is 2.54. The van der Waals surface area contributed by atoms with Gasteiger partial charge in [-0.15, -0.1) is 0 Å². The van der Waals surface area contributed by atoms with Crippen LogP contribution >= 0.6 is 0 Å². The van der Waals surface area contributed by atoms with Gasteiger partial charge in [-0.05, 0) is 35.9 Å². The third kappa shape index (κ3) is 3.02. The molecule has 1 aromatic heterocycles. The van der Waals surface area contributed by atoms with Crippen LogP contribution < -0.4 is 5.32 Å². The fourth-order valence-corrected chi connectivity index (χ4v) is 3.82. The van der Waals surface area contributed by atoms with Crippen LogP contribution in [0.25, 0.3) is 5.57 Å². The summed E-state index contributed by atoms with van der Waals surface area (Å²) in [6.07, 6.45) is 6.38. The van der Waals surface area contributed by atoms with Crippen molar-refractivity contribution in [3.05, 3.63) is 77.0 Å². The predicted octanol–water partition coefficient (Wildman–Crippen LogP) is 3.43. The van der Waals surface area contributed by atoms with Gasteiger partial charge in [0.05, 0.1) is 24.5 Å². The summed E-state index contributed by atoms with van der Waals surface area (Å²) in [7, 11) is 0. The molecule has 1 aromatic carbocycles. The van der Waals surface area contributed by atoms with Crippen molar-refractivity contribution in [2.45, 2.75) is 19.0 Å². The molecule has 1 N–H and O–H groups in total. The summed E-state index contributed by atoms with van der Waals surface area (Å²) < 4.78 is 40.8. The number of amides is 3. The van der Waals surface area contributed by atoms with Gasteiger partial charge in [0.1, 0.15) is 5.82 Å². The molecular formula is C21H15F3N4O2. The molecule has 2 aromatic rings. The van der Waals surface area contributed by atoms with Gasteiger partial charge < -0.3 is 15.1 Å². The van der Waals surface area contributed by atoms with E-state index in [4.69, 9.17) is 0 Å². The molecule has 0 unspecified atom stereocenters. The number of urea groups is 1. The molecule has 30 heavy (non-hydrogen) atoms. The lowest BCUT2D eigenvalue weighted by Gasteiger charge is -2.29. The molecule has 0 spiro atoms. The smallest absolute Gasteiger partial charge is 0.319 e. The minimum atomic E-state index is -1.00. The van der Waals surface area contributed by atoms with E-state index in [-0.39, 0.29) is 42.7 Å². The van der Waals surface area contributed by atoms with E-state index in [0.29, 0.717) is 5.56 Å². The average molecular weight is 412 g/mol. The topological polar surface area (TPSA) is 65.3 Å². The highest BCUT2D eigenvalue weighted by Crippen LogP contribution is 2.44. The van der Waals surface area contributed by atoms with Crippen LogP contribution in [0.4, 0.5) is 23.7 Å². The number of nitrogens with one attached hydrogen (secondary N) is 1. The van der Waals surface area contributed by atoms with Crippen LogP contribution in [0.2, 0.25) is 0 Å². The summed E-state index contributed by atoms with van der Waals surface area (Å²) in [6.45, 7) is -0.0399. The quantitative estimate of drug-likeness (QED) is 0.783. The van der Waals surface area contributed by atoms with Crippen molar-refractivity contribution in [3.8, 4) is 0 Å². The Labute approximate surface area is 169 Å². The zero-order valence-corrected chi connectivity index (χ0v) is 15.5. The van der Waals surface area contributed by atoms with Crippen molar-refractivity contribution in [1.29, 1.82) is 0 Å². The first kappa shape index (κ1) is 18.4. The molecule has 9 heteroatoms. The molecule has 1 saturated heterocycles. The Balaban J connectivity index is 1.21. The number of aromatic nitrogens is 1. The number of hydrogen-bond acceptors (Lipinski definition) is 3. The van der Waals surface area contributed by atoms with Gasteiger partial charge in [0, 0.05) is 36.0 Å². The van der Waals surface area contributed by atoms with Gasteiger partial charge in [-0.25, -0.2) is 18.0 Å². The number of halogens is 3. The van der Waals surface area contributed by atoms with Gasteiger partial charge in [0.15, 0.2) is 11.6 Å². The lowest BCUT2D eigenvalue weighted by molar-refractivity contribution is -0.125. The number of allylic oxidation sites excluding steroid dienone is 2. The lowest BCUT2D eigenvalue weighted by atomic mass is 10.1. The van der Waals surface area contributed by atoms with Crippen molar-refractivity contribution in [1.82, 2.24) is 14.8 Å². The third-order valence-electron chi connectivity index (χ3n) is 5.41. The van der Waals surface area contributed by atoms with E-state index in [9.17, 15) is 22.8 Å². The van der Waals surface area contributed by atoms with Gasteiger partial charge in [0.2, 0.25) is 5.91 Å². The van der Waals surface area contributed by atoms with E-state index in [2.05, 4.69) is 10.3 Å². The maximum Gasteiger partial charge on any atom is 0.322 e. The summed E-state index contributed by atoms with van der Waals surface area (Å²) in [5, 5.41) is 2.51. The molecule has 0 radical (unpaired) electrons. The van der Waals surface area contributed by atoms with Crippen molar-refractivity contribution >= 4 is 23.2 Å². The van der Waals surface area contributed by atoms with Crippen LogP contribution in [0.5, 0.6) is 0 Å². The van der Waals surface area contributed by atoms with Crippen molar-refractivity contribution in [2.24, 2.45) is 0 Å². The molecule has 3 amide bonds. The Morgan fingerprint density at radius 3 is 2.80 bits per heavy atom. The number of benzene rings is 1. The maximum atomic E-state index is 14.0. The largest absolute Gasteiger partial charge is 0.322 e. The third-order valence-corrected chi connectivity index (χ3v) is 5.41. The number of rotatable bonds is 4. The summed E-state index contributed by atoms with van der Waals surface area (Å²) in [5.74, 6) is -2.60. The zero-order chi connectivity index (χ0) is 21.0. The van der Waals surface area contributed by atoms with E-state index in [1.807, 2.05) is 6.08 Å². The van der Waals surface area contributed by atoms with Crippen LogP contribution in [-0.4, -0.2) is 39.3 Å². The maximum absolute atomic E-state index is 14.0.